The summed E-state index contributed by atoms with van der Waals surface area (Å²) < 4.78 is 12.4. The Hall–Kier alpha value is -0.800. The van der Waals surface area contributed by atoms with Crippen LogP contribution in [0.5, 0.6) is 0 Å². The summed E-state index contributed by atoms with van der Waals surface area (Å²) in [6.45, 7) is 2.38. The predicted octanol–water partition coefficient (Wildman–Crippen LogP) is 2.57. The summed E-state index contributed by atoms with van der Waals surface area (Å²) in [6, 6.07) is 9.09. The summed E-state index contributed by atoms with van der Waals surface area (Å²) in [5.74, 6) is 0. The molecule has 0 N–H and O–H groups in total. The molecule has 2 atom stereocenters. The number of likely N-dealkylation sites (tertiary alicyclic amines) is 1. The van der Waals surface area contributed by atoms with Crippen molar-refractivity contribution in [3.05, 3.63) is 29.3 Å². The lowest BCUT2D eigenvalue weighted by molar-refractivity contribution is 0.218. The van der Waals surface area contributed by atoms with Crippen molar-refractivity contribution in [2.75, 3.05) is 31.2 Å². The smallest absolute Gasteiger partial charge is 0.102 e. The average molecular weight is 255 g/mol. The molecule has 17 heavy (non-hydrogen) atoms. The molecule has 3 rings (SSSR count). The minimum atomic E-state index is -0.232. The Labute approximate surface area is 106 Å². The number of fused-ring (bicyclic) bond motifs is 2. The van der Waals surface area contributed by atoms with Crippen molar-refractivity contribution in [3.63, 3.8) is 0 Å². The molecular formula is C13H16ClFN2. The Balaban J connectivity index is 1.71. The highest BCUT2D eigenvalue weighted by Gasteiger charge is 2.42. The molecule has 92 valence electrons. The summed E-state index contributed by atoms with van der Waals surface area (Å²) in [5, 5.41) is 0.775. The van der Waals surface area contributed by atoms with E-state index in [0.717, 1.165) is 18.1 Å². The summed E-state index contributed by atoms with van der Waals surface area (Å²) >= 11 is 5.89. The van der Waals surface area contributed by atoms with E-state index in [2.05, 4.69) is 21.9 Å². The van der Waals surface area contributed by atoms with E-state index in [1.807, 2.05) is 12.1 Å². The van der Waals surface area contributed by atoms with Crippen LogP contribution in [-0.2, 0) is 0 Å². The van der Waals surface area contributed by atoms with Gasteiger partial charge in [0.05, 0.1) is 0 Å². The number of piperazine rings is 1. The van der Waals surface area contributed by atoms with Gasteiger partial charge in [0.2, 0.25) is 0 Å². The molecule has 2 nitrogen and oxygen atoms in total. The number of hydrogen-bond donors (Lipinski definition) is 0. The Morgan fingerprint density at radius 1 is 1.18 bits per heavy atom. The number of benzene rings is 1. The van der Waals surface area contributed by atoms with Crippen LogP contribution in [-0.4, -0.2) is 43.3 Å². The zero-order chi connectivity index (χ0) is 11.8. The molecule has 0 radical (unpaired) electrons. The predicted molar refractivity (Wildman–Crippen MR) is 68.5 cm³/mol. The summed E-state index contributed by atoms with van der Waals surface area (Å²) in [4.78, 5) is 4.70. The molecule has 2 fully saturated rings. The molecule has 0 amide bonds. The third-order valence-corrected chi connectivity index (χ3v) is 4.14. The topological polar surface area (TPSA) is 6.48 Å². The van der Waals surface area contributed by atoms with Crippen LogP contribution >= 0.6 is 11.6 Å². The Kier molecular flexibility index (Phi) is 2.97. The van der Waals surface area contributed by atoms with E-state index < -0.39 is 0 Å². The van der Waals surface area contributed by atoms with Gasteiger partial charge in [0.1, 0.15) is 6.67 Å². The van der Waals surface area contributed by atoms with Crippen molar-refractivity contribution in [3.8, 4) is 0 Å². The number of halogens is 2. The minimum Gasteiger partial charge on any atom is -0.366 e. The zero-order valence-corrected chi connectivity index (χ0v) is 10.4. The van der Waals surface area contributed by atoms with Gasteiger partial charge in [0.15, 0.2) is 0 Å². The van der Waals surface area contributed by atoms with Gasteiger partial charge in [-0.25, -0.2) is 4.39 Å². The number of alkyl halides is 1. The van der Waals surface area contributed by atoms with E-state index in [9.17, 15) is 4.39 Å². The number of nitrogens with zero attached hydrogens (tertiary/aromatic N) is 2. The molecule has 1 aromatic rings. The molecule has 0 aromatic heterocycles. The van der Waals surface area contributed by atoms with E-state index >= 15 is 0 Å². The quantitative estimate of drug-likeness (QED) is 0.818. The van der Waals surface area contributed by atoms with Crippen LogP contribution in [0.3, 0.4) is 0 Å². The molecule has 0 spiro atoms. The second kappa shape index (κ2) is 4.46. The van der Waals surface area contributed by atoms with Gasteiger partial charge in [-0.1, -0.05) is 11.6 Å². The van der Waals surface area contributed by atoms with E-state index in [4.69, 9.17) is 11.6 Å². The van der Waals surface area contributed by atoms with E-state index in [-0.39, 0.29) is 6.67 Å². The molecule has 4 heteroatoms. The molecule has 0 aliphatic carbocycles. The highest BCUT2D eigenvalue weighted by molar-refractivity contribution is 6.30. The fourth-order valence-corrected chi connectivity index (χ4v) is 3.21. The molecule has 2 saturated heterocycles. The van der Waals surface area contributed by atoms with Crippen molar-refractivity contribution in [1.29, 1.82) is 0 Å². The van der Waals surface area contributed by atoms with Gasteiger partial charge in [-0.3, -0.25) is 4.90 Å². The van der Waals surface area contributed by atoms with Crippen molar-refractivity contribution >= 4 is 17.3 Å². The van der Waals surface area contributed by atoms with Gasteiger partial charge in [-0.05, 0) is 30.7 Å². The highest BCUT2D eigenvalue weighted by atomic mass is 35.5. The first-order chi connectivity index (χ1) is 8.28. The van der Waals surface area contributed by atoms with Gasteiger partial charge in [0, 0.05) is 42.4 Å². The molecule has 2 heterocycles. The Bertz CT molecular complexity index is 395. The molecule has 2 aliphatic rings. The van der Waals surface area contributed by atoms with Crippen molar-refractivity contribution in [1.82, 2.24) is 4.90 Å². The molecule has 1 aromatic carbocycles. The maximum absolute atomic E-state index is 12.4. The summed E-state index contributed by atoms with van der Waals surface area (Å²) in [6.07, 6.45) is 1.17. The van der Waals surface area contributed by atoms with Crippen LogP contribution in [0.25, 0.3) is 0 Å². The van der Waals surface area contributed by atoms with Gasteiger partial charge < -0.3 is 4.90 Å². The highest BCUT2D eigenvalue weighted by Crippen LogP contribution is 2.34. The van der Waals surface area contributed by atoms with Crippen LogP contribution in [0.4, 0.5) is 10.1 Å². The fourth-order valence-electron chi connectivity index (χ4n) is 3.08. The molecule has 2 bridgehead atoms. The summed E-state index contributed by atoms with van der Waals surface area (Å²) in [5.41, 5.74) is 1.24. The molecule has 0 saturated carbocycles. The SMILES string of the molecule is FCCN1CC2CC1CN2c1ccc(Cl)cc1. The summed E-state index contributed by atoms with van der Waals surface area (Å²) in [7, 11) is 0. The van der Waals surface area contributed by atoms with Crippen LogP contribution in [0.15, 0.2) is 24.3 Å². The largest absolute Gasteiger partial charge is 0.366 e. The van der Waals surface area contributed by atoms with E-state index in [1.54, 1.807) is 0 Å². The van der Waals surface area contributed by atoms with Crippen molar-refractivity contribution in [2.45, 2.75) is 18.5 Å². The lowest BCUT2D eigenvalue weighted by atomic mass is 10.2. The lowest BCUT2D eigenvalue weighted by Gasteiger charge is -2.35. The van der Waals surface area contributed by atoms with Crippen LogP contribution in [0.1, 0.15) is 6.42 Å². The third-order valence-electron chi connectivity index (χ3n) is 3.88. The van der Waals surface area contributed by atoms with Crippen molar-refractivity contribution in [2.24, 2.45) is 0 Å². The Morgan fingerprint density at radius 3 is 2.53 bits per heavy atom. The van der Waals surface area contributed by atoms with Crippen LogP contribution in [0, 0.1) is 0 Å². The van der Waals surface area contributed by atoms with Gasteiger partial charge in [-0.2, -0.15) is 0 Å². The molecular weight excluding hydrogens is 239 g/mol. The Morgan fingerprint density at radius 2 is 1.94 bits per heavy atom. The van der Waals surface area contributed by atoms with Crippen LogP contribution in [0.2, 0.25) is 5.02 Å². The number of rotatable bonds is 3. The first kappa shape index (κ1) is 11.3. The van der Waals surface area contributed by atoms with Gasteiger partial charge in [0.25, 0.3) is 0 Å². The zero-order valence-electron chi connectivity index (χ0n) is 9.65. The third kappa shape index (κ3) is 2.02. The maximum Gasteiger partial charge on any atom is 0.102 e. The molecule has 2 aliphatic heterocycles. The van der Waals surface area contributed by atoms with Crippen LogP contribution < -0.4 is 4.90 Å². The monoisotopic (exact) mass is 254 g/mol. The second-order valence-corrected chi connectivity index (χ2v) is 5.29. The maximum atomic E-state index is 12.4. The van der Waals surface area contributed by atoms with E-state index in [0.29, 0.717) is 18.6 Å². The normalized spacial score (nSPS) is 28.0. The van der Waals surface area contributed by atoms with Crippen molar-refractivity contribution < 1.29 is 4.39 Å². The minimum absolute atomic E-state index is 0.232. The second-order valence-electron chi connectivity index (χ2n) is 4.86. The van der Waals surface area contributed by atoms with Gasteiger partial charge in [-0.15, -0.1) is 0 Å². The fraction of sp³-hybridized carbons (Fsp3) is 0.538. The number of hydrogen-bond acceptors (Lipinski definition) is 2. The first-order valence-corrected chi connectivity index (χ1v) is 6.48. The van der Waals surface area contributed by atoms with E-state index in [1.165, 1.54) is 12.1 Å². The average Bonchev–Trinajstić information content (AvgIpc) is 2.90. The lowest BCUT2D eigenvalue weighted by Crippen LogP contribution is -2.47. The standard InChI is InChI=1S/C13H16ClFN2/c14-10-1-3-11(4-2-10)17-9-12-7-13(17)8-16(12)6-5-15/h1-4,12-13H,5-9H2. The van der Waals surface area contributed by atoms with Gasteiger partial charge >= 0.3 is 0 Å². The molecule has 2 unspecified atom stereocenters. The number of anilines is 1. The first-order valence-electron chi connectivity index (χ1n) is 6.10.